The van der Waals surface area contributed by atoms with Crippen LogP contribution in [-0.2, 0) is 13.1 Å². The van der Waals surface area contributed by atoms with Gasteiger partial charge in [0.25, 0.3) is 0 Å². The Morgan fingerprint density at radius 2 is 1.65 bits per heavy atom. The van der Waals surface area contributed by atoms with E-state index in [2.05, 4.69) is 24.0 Å². The van der Waals surface area contributed by atoms with Crippen molar-refractivity contribution in [2.75, 3.05) is 12.3 Å². The third kappa shape index (κ3) is 4.52. The summed E-state index contributed by atoms with van der Waals surface area (Å²) in [5, 5.41) is 0. The van der Waals surface area contributed by atoms with Gasteiger partial charge in [-0.2, -0.15) is 0 Å². The molecule has 0 saturated carbocycles. The smallest absolute Gasteiger partial charge is 0.0363 e. The number of benzene rings is 1. The molecule has 0 bridgehead atoms. The lowest BCUT2D eigenvalue weighted by Crippen LogP contribution is -2.17. The van der Waals surface area contributed by atoms with Gasteiger partial charge in [-0.25, -0.2) is 0 Å². The van der Waals surface area contributed by atoms with E-state index in [1.165, 1.54) is 69.0 Å². The van der Waals surface area contributed by atoms with Crippen LogP contribution in [0.1, 0.15) is 69.4 Å². The average Bonchev–Trinajstić information content (AvgIpc) is 2.86. The van der Waals surface area contributed by atoms with E-state index in [9.17, 15) is 0 Å². The number of rotatable bonds is 9. The lowest BCUT2D eigenvalue weighted by atomic mass is 10.1. The molecule has 0 atom stereocenters. The molecule has 1 aromatic rings. The minimum Gasteiger partial charge on any atom is -0.398 e. The molecule has 2 rings (SSSR count). The van der Waals surface area contributed by atoms with Gasteiger partial charge in [0.2, 0.25) is 0 Å². The molecule has 1 aromatic carbocycles. The van der Waals surface area contributed by atoms with Gasteiger partial charge >= 0.3 is 0 Å². The second-order valence-electron chi connectivity index (χ2n) is 6.17. The Hall–Kier alpha value is -1.02. The summed E-state index contributed by atoms with van der Waals surface area (Å²) >= 11 is 0. The second kappa shape index (κ2) is 8.31. The topological polar surface area (TPSA) is 29.3 Å². The molecular formula is C18H30N2. The maximum Gasteiger partial charge on any atom is 0.0363 e. The molecule has 1 aliphatic heterocycles. The summed E-state index contributed by atoms with van der Waals surface area (Å²) in [6, 6.07) is 6.33. The number of anilines is 1. The molecule has 0 radical (unpaired) electrons. The van der Waals surface area contributed by atoms with Crippen LogP contribution in [0.15, 0.2) is 18.2 Å². The van der Waals surface area contributed by atoms with Crippen molar-refractivity contribution in [2.45, 2.75) is 71.4 Å². The monoisotopic (exact) mass is 274 g/mol. The fraction of sp³-hybridized carbons (Fsp3) is 0.667. The van der Waals surface area contributed by atoms with E-state index < -0.39 is 0 Å². The van der Waals surface area contributed by atoms with Crippen LogP contribution < -0.4 is 5.73 Å². The van der Waals surface area contributed by atoms with Crippen LogP contribution in [0.3, 0.4) is 0 Å². The lowest BCUT2D eigenvalue weighted by molar-refractivity contribution is 0.276. The van der Waals surface area contributed by atoms with Gasteiger partial charge in [0.15, 0.2) is 0 Å². The first-order valence-electron chi connectivity index (χ1n) is 8.40. The molecule has 0 spiro atoms. The Bertz CT molecular complexity index is 400. The summed E-state index contributed by atoms with van der Waals surface area (Å²) in [6.07, 6.45) is 11.2. The number of hydrogen-bond acceptors (Lipinski definition) is 2. The number of fused-ring (bicyclic) bond motifs is 1. The van der Waals surface area contributed by atoms with Crippen molar-refractivity contribution in [1.29, 1.82) is 0 Å². The number of nitrogens with two attached hydrogens (primary N) is 1. The second-order valence-corrected chi connectivity index (χ2v) is 6.17. The third-order valence-electron chi connectivity index (χ3n) is 4.41. The number of nitrogens with zero attached hydrogens (tertiary/aromatic N) is 1. The molecule has 0 aromatic heterocycles. The van der Waals surface area contributed by atoms with E-state index in [0.717, 1.165) is 18.8 Å². The van der Waals surface area contributed by atoms with Crippen molar-refractivity contribution < 1.29 is 0 Å². The molecule has 112 valence electrons. The first kappa shape index (κ1) is 15.4. The van der Waals surface area contributed by atoms with Gasteiger partial charge in [-0.3, -0.25) is 4.90 Å². The van der Waals surface area contributed by atoms with Crippen LogP contribution in [0.25, 0.3) is 0 Å². The molecular weight excluding hydrogens is 244 g/mol. The van der Waals surface area contributed by atoms with E-state index >= 15 is 0 Å². The maximum absolute atomic E-state index is 6.04. The van der Waals surface area contributed by atoms with Gasteiger partial charge in [0, 0.05) is 18.8 Å². The van der Waals surface area contributed by atoms with Crippen molar-refractivity contribution >= 4 is 5.69 Å². The van der Waals surface area contributed by atoms with E-state index in [-0.39, 0.29) is 0 Å². The average molecular weight is 274 g/mol. The largest absolute Gasteiger partial charge is 0.398 e. The van der Waals surface area contributed by atoms with Crippen LogP contribution in [0.2, 0.25) is 0 Å². The predicted octanol–water partition coefficient (Wildman–Crippen LogP) is 4.73. The highest BCUT2D eigenvalue weighted by Gasteiger charge is 2.19. The van der Waals surface area contributed by atoms with Gasteiger partial charge in [-0.1, -0.05) is 64.0 Å². The fourth-order valence-corrected chi connectivity index (χ4v) is 3.14. The summed E-state index contributed by atoms with van der Waals surface area (Å²) in [5.74, 6) is 0. The number of nitrogen functional groups attached to an aromatic ring is 1. The molecule has 0 saturated heterocycles. The van der Waals surface area contributed by atoms with Crippen LogP contribution in [0.4, 0.5) is 5.69 Å². The Morgan fingerprint density at radius 3 is 2.35 bits per heavy atom. The van der Waals surface area contributed by atoms with E-state index in [1.54, 1.807) is 0 Å². The molecule has 0 fully saturated rings. The van der Waals surface area contributed by atoms with Crippen molar-refractivity contribution in [3.63, 3.8) is 0 Å². The highest BCUT2D eigenvalue weighted by molar-refractivity contribution is 5.52. The van der Waals surface area contributed by atoms with Crippen LogP contribution >= 0.6 is 0 Å². The zero-order chi connectivity index (χ0) is 14.2. The standard InChI is InChI=1S/C18H30N2/c1-2-3-4-5-6-7-8-9-13-20-14-16-11-10-12-18(19)17(16)15-20/h10-12H,2-9,13-15,19H2,1H3. The molecule has 0 amide bonds. The summed E-state index contributed by atoms with van der Waals surface area (Å²) in [7, 11) is 0. The zero-order valence-electron chi connectivity index (χ0n) is 13.0. The van der Waals surface area contributed by atoms with Gasteiger partial charge < -0.3 is 5.73 Å². The first-order valence-corrected chi connectivity index (χ1v) is 8.40. The highest BCUT2D eigenvalue weighted by Crippen LogP contribution is 2.27. The Labute approximate surface area is 124 Å². The molecule has 0 unspecified atom stereocenters. The van der Waals surface area contributed by atoms with Crippen LogP contribution in [-0.4, -0.2) is 11.4 Å². The predicted molar refractivity (Wildman–Crippen MR) is 87.6 cm³/mol. The molecule has 20 heavy (non-hydrogen) atoms. The quantitative estimate of drug-likeness (QED) is 0.521. The molecule has 2 N–H and O–H groups in total. The van der Waals surface area contributed by atoms with Crippen LogP contribution in [0.5, 0.6) is 0 Å². The zero-order valence-corrected chi connectivity index (χ0v) is 13.0. The van der Waals surface area contributed by atoms with E-state index in [1.807, 2.05) is 6.07 Å². The van der Waals surface area contributed by atoms with Gasteiger partial charge in [-0.05, 0) is 30.2 Å². The first-order chi connectivity index (χ1) is 9.81. The molecule has 1 aliphatic rings. The Morgan fingerprint density at radius 1 is 0.950 bits per heavy atom. The van der Waals surface area contributed by atoms with Gasteiger partial charge in [-0.15, -0.1) is 0 Å². The molecule has 0 aliphatic carbocycles. The normalized spacial score (nSPS) is 14.7. The van der Waals surface area contributed by atoms with E-state index in [4.69, 9.17) is 5.73 Å². The summed E-state index contributed by atoms with van der Waals surface area (Å²) in [6.45, 7) is 5.65. The highest BCUT2D eigenvalue weighted by atomic mass is 15.1. The minimum atomic E-state index is 0.973. The maximum atomic E-state index is 6.04. The van der Waals surface area contributed by atoms with Crippen LogP contribution in [0, 0.1) is 0 Å². The molecule has 2 heteroatoms. The van der Waals surface area contributed by atoms with E-state index in [0.29, 0.717) is 0 Å². The fourth-order valence-electron chi connectivity index (χ4n) is 3.14. The van der Waals surface area contributed by atoms with Crippen molar-refractivity contribution in [3.8, 4) is 0 Å². The van der Waals surface area contributed by atoms with Crippen molar-refractivity contribution in [2.24, 2.45) is 0 Å². The number of unbranched alkanes of at least 4 members (excludes halogenated alkanes) is 7. The number of hydrogen-bond donors (Lipinski definition) is 1. The van der Waals surface area contributed by atoms with Crippen molar-refractivity contribution in [3.05, 3.63) is 29.3 Å². The summed E-state index contributed by atoms with van der Waals surface area (Å²) in [5.41, 5.74) is 9.82. The van der Waals surface area contributed by atoms with Crippen molar-refractivity contribution in [1.82, 2.24) is 4.90 Å². The minimum absolute atomic E-state index is 0.973. The summed E-state index contributed by atoms with van der Waals surface area (Å²) in [4.78, 5) is 2.54. The summed E-state index contributed by atoms with van der Waals surface area (Å²) < 4.78 is 0. The van der Waals surface area contributed by atoms with Gasteiger partial charge in [0.1, 0.15) is 0 Å². The molecule has 2 nitrogen and oxygen atoms in total. The lowest BCUT2D eigenvalue weighted by Gasteiger charge is -2.14. The SMILES string of the molecule is CCCCCCCCCCN1Cc2cccc(N)c2C1. The van der Waals surface area contributed by atoms with Gasteiger partial charge in [0.05, 0.1) is 0 Å². The Kier molecular flexibility index (Phi) is 6.38. The Balaban J connectivity index is 1.55. The molecule has 1 heterocycles. The third-order valence-corrected chi connectivity index (χ3v) is 4.41.